The first kappa shape index (κ1) is 17.4. The largest absolute Gasteiger partial charge is 0.411 e. The van der Waals surface area contributed by atoms with E-state index in [4.69, 9.17) is 16.0 Å². The second-order valence-corrected chi connectivity index (χ2v) is 6.84. The average Bonchev–Trinajstić information content (AvgIpc) is 3.03. The number of rotatable bonds is 5. The lowest BCUT2D eigenvalue weighted by molar-refractivity contribution is -0.115. The minimum absolute atomic E-state index is 0.0723. The van der Waals surface area contributed by atoms with Gasteiger partial charge in [-0.2, -0.15) is 0 Å². The molecular weight excluding hydrogens is 365 g/mol. The zero-order chi connectivity index (χ0) is 17.8. The van der Waals surface area contributed by atoms with E-state index in [1.54, 1.807) is 49.4 Å². The van der Waals surface area contributed by atoms with E-state index in [0.29, 0.717) is 10.7 Å². The Labute approximate surface area is 152 Å². The summed E-state index contributed by atoms with van der Waals surface area (Å²) in [6, 6.07) is 13.0. The Bertz CT molecular complexity index is 903. The predicted molar refractivity (Wildman–Crippen MR) is 95.1 cm³/mol. The summed E-state index contributed by atoms with van der Waals surface area (Å²) in [5, 5.41) is 10.7. The molecule has 0 aliphatic carbocycles. The normalized spacial score (nSPS) is 12.0. The van der Waals surface area contributed by atoms with E-state index in [9.17, 15) is 9.18 Å². The van der Waals surface area contributed by atoms with Crippen LogP contribution in [0.1, 0.15) is 6.92 Å². The summed E-state index contributed by atoms with van der Waals surface area (Å²) >= 11 is 6.98. The molecule has 0 unspecified atom stereocenters. The molecule has 0 radical (unpaired) electrons. The molecule has 0 saturated heterocycles. The standard InChI is InChI=1S/C17H13ClFN3O2S/c1-10(15(23)20-12-6-4-5-11(18)9-12)25-17-22-21-16(24-17)13-7-2-3-8-14(13)19/h2-10H,1H3,(H,20,23)/t10-/m0/s1. The molecule has 5 nitrogen and oxygen atoms in total. The molecule has 0 spiro atoms. The van der Waals surface area contributed by atoms with Crippen molar-refractivity contribution in [3.05, 3.63) is 59.4 Å². The Balaban J connectivity index is 1.66. The molecule has 0 fully saturated rings. The van der Waals surface area contributed by atoms with E-state index >= 15 is 0 Å². The Kier molecular flexibility index (Phi) is 5.35. The van der Waals surface area contributed by atoms with E-state index in [1.807, 2.05) is 0 Å². The van der Waals surface area contributed by atoms with Crippen molar-refractivity contribution in [2.24, 2.45) is 0 Å². The third-order valence-corrected chi connectivity index (χ3v) is 4.42. The van der Waals surface area contributed by atoms with Gasteiger partial charge in [0.1, 0.15) is 5.82 Å². The number of anilines is 1. The first-order valence-corrected chi connectivity index (χ1v) is 8.60. The number of thioether (sulfide) groups is 1. The lowest BCUT2D eigenvalue weighted by atomic mass is 10.2. The van der Waals surface area contributed by atoms with Crippen LogP contribution in [0.25, 0.3) is 11.5 Å². The zero-order valence-corrected chi connectivity index (χ0v) is 14.6. The van der Waals surface area contributed by atoms with Crippen molar-refractivity contribution in [2.45, 2.75) is 17.4 Å². The highest BCUT2D eigenvalue weighted by molar-refractivity contribution is 8.00. The van der Waals surface area contributed by atoms with Crippen LogP contribution in [0, 0.1) is 5.82 Å². The van der Waals surface area contributed by atoms with Crippen molar-refractivity contribution in [3.63, 3.8) is 0 Å². The van der Waals surface area contributed by atoms with Crippen LogP contribution in [0.4, 0.5) is 10.1 Å². The Morgan fingerprint density at radius 2 is 2.04 bits per heavy atom. The molecule has 1 atom stereocenters. The Morgan fingerprint density at radius 3 is 2.80 bits per heavy atom. The third-order valence-electron chi connectivity index (χ3n) is 3.25. The first-order valence-electron chi connectivity index (χ1n) is 7.34. The molecule has 1 aromatic heterocycles. The SMILES string of the molecule is C[C@H](Sc1nnc(-c2ccccc2F)o1)C(=O)Nc1cccc(Cl)c1. The topological polar surface area (TPSA) is 68.0 Å². The molecule has 3 rings (SSSR count). The molecule has 8 heteroatoms. The molecule has 0 aliphatic heterocycles. The van der Waals surface area contributed by atoms with Crippen molar-refractivity contribution in [1.82, 2.24) is 10.2 Å². The molecule has 1 N–H and O–H groups in total. The van der Waals surface area contributed by atoms with Gasteiger partial charge >= 0.3 is 0 Å². The number of carbonyl (C=O) groups excluding carboxylic acids is 1. The second kappa shape index (κ2) is 7.67. The molecule has 25 heavy (non-hydrogen) atoms. The van der Waals surface area contributed by atoms with E-state index in [-0.39, 0.29) is 22.6 Å². The van der Waals surface area contributed by atoms with Crippen LogP contribution >= 0.6 is 23.4 Å². The van der Waals surface area contributed by atoms with Gasteiger partial charge in [0, 0.05) is 10.7 Å². The fourth-order valence-corrected chi connectivity index (χ4v) is 2.89. The van der Waals surface area contributed by atoms with Gasteiger partial charge < -0.3 is 9.73 Å². The minimum atomic E-state index is -0.493. The van der Waals surface area contributed by atoms with Crippen molar-refractivity contribution < 1.29 is 13.6 Å². The quantitative estimate of drug-likeness (QED) is 0.655. The molecule has 2 aromatic carbocycles. The summed E-state index contributed by atoms with van der Waals surface area (Å²) in [6.45, 7) is 1.71. The van der Waals surface area contributed by atoms with Crippen LogP contribution in [0.5, 0.6) is 0 Å². The average molecular weight is 378 g/mol. The lowest BCUT2D eigenvalue weighted by Gasteiger charge is -2.09. The summed E-state index contributed by atoms with van der Waals surface area (Å²) in [6.07, 6.45) is 0. The van der Waals surface area contributed by atoms with Gasteiger partial charge in [0.05, 0.1) is 10.8 Å². The lowest BCUT2D eigenvalue weighted by Crippen LogP contribution is -2.22. The number of benzene rings is 2. The van der Waals surface area contributed by atoms with Crippen LogP contribution in [0.2, 0.25) is 5.02 Å². The number of carbonyl (C=O) groups is 1. The van der Waals surface area contributed by atoms with Crippen LogP contribution in [-0.2, 0) is 4.79 Å². The summed E-state index contributed by atoms with van der Waals surface area (Å²) in [4.78, 5) is 12.2. The smallest absolute Gasteiger partial charge is 0.277 e. The Morgan fingerprint density at radius 1 is 1.24 bits per heavy atom. The number of hydrogen-bond donors (Lipinski definition) is 1. The van der Waals surface area contributed by atoms with Crippen LogP contribution in [0.3, 0.4) is 0 Å². The second-order valence-electron chi connectivity index (χ2n) is 5.11. The number of nitrogens with one attached hydrogen (secondary N) is 1. The molecule has 1 amide bonds. The number of nitrogens with zero attached hydrogens (tertiary/aromatic N) is 2. The molecule has 128 valence electrons. The third kappa shape index (κ3) is 4.37. The van der Waals surface area contributed by atoms with Gasteiger partial charge in [-0.05, 0) is 37.3 Å². The van der Waals surface area contributed by atoms with Gasteiger partial charge in [-0.15, -0.1) is 10.2 Å². The van der Waals surface area contributed by atoms with E-state index in [0.717, 1.165) is 11.8 Å². The summed E-state index contributed by atoms with van der Waals surface area (Å²) in [5.41, 5.74) is 0.820. The number of halogens is 2. The van der Waals surface area contributed by atoms with E-state index < -0.39 is 11.1 Å². The molecule has 3 aromatic rings. The van der Waals surface area contributed by atoms with Gasteiger partial charge in [-0.3, -0.25) is 4.79 Å². The monoisotopic (exact) mass is 377 g/mol. The van der Waals surface area contributed by atoms with E-state index in [2.05, 4.69) is 15.5 Å². The van der Waals surface area contributed by atoms with Gasteiger partial charge in [-0.25, -0.2) is 4.39 Å². The molecule has 0 aliphatic rings. The fraction of sp³-hybridized carbons (Fsp3) is 0.118. The van der Waals surface area contributed by atoms with Crippen LogP contribution in [0.15, 0.2) is 58.2 Å². The van der Waals surface area contributed by atoms with Gasteiger partial charge in [0.2, 0.25) is 5.91 Å². The number of aromatic nitrogens is 2. The van der Waals surface area contributed by atoms with Crippen molar-refractivity contribution >= 4 is 35.0 Å². The first-order chi connectivity index (χ1) is 12.0. The molecule has 0 saturated carbocycles. The minimum Gasteiger partial charge on any atom is -0.411 e. The van der Waals surface area contributed by atoms with Crippen molar-refractivity contribution in [2.75, 3.05) is 5.32 Å². The van der Waals surface area contributed by atoms with Crippen molar-refractivity contribution in [1.29, 1.82) is 0 Å². The maximum atomic E-state index is 13.7. The fourth-order valence-electron chi connectivity index (χ4n) is 2.02. The predicted octanol–water partition coefficient (Wildman–Crippen LogP) is 4.65. The molecular formula is C17H13ClFN3O2S. The zero-order valence-electron chi connectivity index (χ0n) is 13.1. The maximum Gasteiger partial charge on any atom is 0.277 e. The maximum absolute atomic E-state index is 13.7. The number of hydrogen-bond acceptors (Lipinski definition) is 5. The highest BCUT2D eigenvalue weighted by Gasteiger charge is 2.19. The van der Waals surface area contributed by atoms with Gasteiger partial charge in [-0.1, -0.05) is 41.6 Å². The van der Waals surface area contributed by atoms with Crippen LogP contribution in [-0.4, -0.2) is 21.4 Å². The van der Waals surface area contributed by atoms with Crippen LogP contribution < -0.4 is 5.32 Å². The van der Waals surface area contributed by atoms with Crippen molar-refractivity contribution in [3.8, 4) is 11.5 Å². The summed E-state index contributed by atoms with van der Waals surface area (Å²) in [7, 11) is 0. The summed E-state index contributed by atoms with van der Waals surface area (Å²) < 4.78 is 19.2. The van der Waals surface area contributed by atoms with Gasteiger partial charge in [0.25, 0.3) is 11.1 Å². The number of amides is 1. The summed E-state index contributed by atoms with van der Waals surface area (Å²) in [5.74, 6) is -0.615. The molecule has 1 heterocycles. The Hall–Kier alpha value is -2.38. The van der Waals surface area contributed by atoms with Gasteiger partial charge in [0.15, 0.2) is 0 Å². The van der Waals surface area contributed by atoms with E-state index in [1.165, 1.54) is 6.07 Å². The highest BCUT2D eigenvalue weighted by Crippen LogP contribution is 2.28. The highest BCUT2D eigenvalue weighted by atomic mass is 35.5. The molecule has 0 bridgehead atoms.